The maximum Gasteiger partial charge on any atom is 0.264 e. The zero-order valence-corrected chi connectivity index (χ0v) is 22.9. The fourth-order valence-electron chi connectivity index (χ4n) is 3.53. The molecule has 0 saturated heterocycles. The highest BCUT2D eigenvalue weighted by Gasteiger charge is 2.24. The van der Waals surface area contributed by atoms with E-state index in [0.717, 1.165) is 11.8 Å². The number of amides is 1. The second-order valence-corrected chi connectivity index (χ2v) is 11.1. The first-order valence-corrected chi connectivity index (χ1v) is 14.0. The van der Waals surface area contributed by atoms with Gasteiger partial charge in [-0.1, -0.05) is 48.3 Å². The van der Waals surface area contributed by atoms with Crippen LogP contribution in [0.25, 0.3) is 11.3 Å². The van der Waals surface area contributed by atoms with Gasteiger partial charge in [0.1, 0.15) is 29.6 Å². The van der Waals surface area contributed by atoms with Gasteiger partial charge in [-0.05, 0) is 42.5 Å². The highest BCUT2D eigenvalue weighted by atomic mass is 35.5. The molecule has 4 rings (SSSR count). The molecule has 4 aromatic rings. The van der Waals surface area contributed by atoms with Crippen LogP contribution in [0.5, 0.6) is 17.4 Å². The van der Waals surface area contributed by atoms with E-state index in [1.54, 1.807) is 42.5 Å². The zero-order chi connectivity index (χ0) is 27.4. The maximum absolute atomic E-state index is 11.9. The second kappa shape index (κ2) is 11.4. The lowest BCUT2D eigenvalue weighted by Gasteiger charge is -2.11. The number of hydrogen-bond acceptors (Lipinski definition) is 8. The Balaban J connectivity index is 1.45. The minimum absolute atomic E-state index is 0.0451. The van der Waals surface area contributed by atoms with Gasteiger partial charge in [0.15, 0.2) is 0 Å². The Kier molecular flexibility index (Phi) is 8.25. The van der Waals surface area contributed by atoms with Crippen LogP contribution in [0.3, 0.4) is 0 Å². The molecule has 1 N–H and O–H groups in total. The van der Waals surface area contributed by atoms with Crippen molar-refractivity contribution in [2.75, 3.05) is 6.26 Å². The van der Waals surface area contributed by atoms with Crippen LogP contribution in [0.15, 0.2) is 65.3 Å². The van der Waals surface area contributed by atoms with Crippen LogP contribution in [-0.4, -0.2) is 30.7 Å². The quantitative estimate of drug-likeness (QED) is 0.249. The number of sulfonamides is 1. The summed E-state index contributed by atoms with van der Waals surface area (Å²) in [6, 6.07) is 14.5. The minimum atomic E-state index is -3.65. The Hall–Kier alpha value is -3.60. The van der Waals surface area contributed by atoms with Crippen molar-refractivity contribution in [3.8, 4) is 28.6 Å². The lowest BCUT2D eigenvalue weighted by molar-refractivity contribution is 0.0981. The molecular weight excluding hydrogens is 553 g/mol. The molecule has 0 radical (unpaired) electrons. The van der Waals surface area contributed by atoms with Crippen LogP contribution in [0, 0.1) is 0 Å². The molecule has 2 aromatic carbocycles. The Morgan fingerprint density at radius 3 is 2.26 bits per heavy atom. The lowest BCUT2D eigenvalue weighted by Crippen LogP contribution is -2.29. The first kappa shape index (κ1) is 27.4. The molecule has 0 aliphatic heterocycles. The molecule has 0 aliphatic carbocycles. The zero-order valence-electron chi connectivity index (χ0n) is 20.6. The van der Waals surface area contributed by atoms with E-state index in [2.05, 4.69) is 10.1 Å². The molecule has 38 heavy (non-hydrogen) atoms. The topological polar surface area (TPSA) is 121 Å². The SMILES string of the molecule is CC(C)c1onc(-c2c(Cl)cccc2Cl)c1COc1ccc(Oc2ccc(C(=O)NS(C)(=O)=O)cc2)cn1. The van der Waals surface area contributed by atoms with Crippen LogP contribution in [0.4, 0.5) is 0 Å². The number of carbonyl (C=O) groups excluding carboxylic acids is 1. The summed E-state index contributed by atoms with van der Waals surface area (Å²) in [5.74, 6) is 1.19. The summed E-state index contributed by atoms with van der Waals surface area (Å²) in [5.41, 5.74) is 1.98. The van der Waals surface area contributed by atoms with Crippen LogP contribution in [0.2, 0.25) is 10.0 Å². The smallest absolute Gasteiger partial charge is 0.264 e. The van der Waals surface area contributed by atoms with E-state index in [1.807, 2.05) is 18.6 Å². The maximum atomic E-state index is 11.9. The van der Waals surface area contributed by atoms with E-state index in [4.69, 9.17) is 37.2 Å². The molecule has 0 spiro atoms. The molecule has 1 amide bonds. The third-order valence-corrected chi connectivity index (χ3v) is 6.43. The van der Waals surface area contributed by atoms with Crippen molar-refractivity contribution in [3.63, 3.8) is 0 Å². The predicted octanol–water partition coefficient (Wildman–Crippen LogP) is 6.23. The molecule has 9 nitrogen and oxygen atoms in total. The summed E-state index contributed by atoms with van der Waals surface area (Å²) < 4.78 is 41.6. The third-order valence-electron chi connectivity index (χ3n) is 5.25. The second-order valence-electron chi connectivity index (χ2n) is 8.58. The lowest BCUT2D eigenvalue weighted by atomic mass is 10.0. The summed E-state index contributed by atoms with van der Waals surface area (Å²) in [6.45, 7) is 4.09. The van der Waals surface area contributed by atoms with Gasteiger partial charge in [0.05, 0.1) is 28.1 Å². The average molecular weight is 576 g/mol. The normalized spacial score (nSPS) is 11.4. The number of nitrogens with one attached hydrogen (secondary N) is 1. The van der Waals surface area contributed by atoms with E-state index in [0.29, 0.717) is 44.4 Å². The summed E-state index contributed by atoms with van der Waals surface area (Å²) in [5, 5.41) is 5.12. The van der Waals surface area contributed by atoms with Crippen molar-refractivity contribution in [3.05, 3.63) is 87.7 Å². The number of benzene rings is 2. The highest BCUT2D eigenvalue weighted by molar-refractivity contribution is 7.89. The summed E-state index contributed by atoms with van der Waals surface area (Å²) in [4.78, 5) is 16.2. The number of nitrogens with zero attached hydrogens (tertiary/aromatic N) is 2. The van der Waals surface area contributed by atoms with E-state index >= 15 is 0 Å². The molecule has 2 aromatic heterocycles. The Bertz CT molecular complexity index is 1530. The monoisotopic (exact) mass is 575 g/mol. The third kappa shape index (κ3) is 6.63. The molecule has 198 valence electrons. The number of halogens is 2. The summed E-state index contributed by atoms with van der Waals surface area (Å²) in [7, 11) is -3.65. The van der Waals surface area contributed by atoms with Crippen LogP contribution in [-0.2, 0) is 16.6 Å². The van der Waals surface area contributed by atoms with Crippen LogP contribution >= 0.6 is 23.2 Å². The largest absolute Gasteiger partial charge is 0.473 e. The minimum Gasteiger partial charge on any atom is -0.473 e. The number of carbonyl (C=O) groups is 1. The predicted molar refractivity (Wildman–Crippen MR) is 143 cm³/mol. The van der Waals surface area contributed by atoms with Crippen molar-refractivity contribution in [1.82, 2.24) is 14.9 Å². The Labute approximate surface area is 229 Å². The van der Waals surface area contributed by atoms with Crippen molar-refractivity contribution >= 4 is 39.1 Å². The fourth-order valence-corrected chi connectivity index (χ4v) is 4.56. The number of hydrogen-bond donors (Lipinski definition) is 1. The summed E-state index contributed by atoms with van der Waals surface area (Å²) in [6.07, 6.45) is 2.40. The fraction of sp³-hybridized carbons (Fsp3) is 0.192. The van der Waals surface area contributed by atoms with Gasteiger partial charge in [-0.2, -0.15) is 0 Å². The van der Waals surface area contributed by atoms with Gasteiger partial charge in [-0.25, -0.2) is 18.1 Å². The summed E-state index contributed by atoms with van der Waals surface area (Å²) >= 11 is 12.8. The van der Waals surface area contributed by atoms with Crippen molar-refractivity contribution in [2.24, 2.45) is 0 Å². The van der Waals surface area contributed by atoms with E-state index in [1.165, 1.54) is 18.3 Å². The molecule has 0 atom stereocenters. The van der Waals surface area contributed by atoms with Gasteiger partial charge < -0.3 is 14.0 Å². The average Bonchev–Trinajstić information content (AvgIpc) is 3.27. The molecule has 0 fully saturated rings. The first-order valence-electron chi connectivity index (χ1n) is 11.3. The van der Waals surface area contributed by atoms with Gasteiger partial charge in [-0.15, -0.1) is 0 Å². The molecule has 2 heterocycles. The molecule has 0 aliphatic rings. The van der Waals surface area contributed by atoms with E-state index in [-0.39, 0.29) is 18.1 Å². The van der Waals surface area contributed by atoms with Crippen molar-refractivity contribution in [2.45, 2.75) is 26.4 Å². The molecule has 0 saturated carbocycles. The molecule has 12 heteroatoms. The highest BCUT2D eigenvalue weighted by Crippen LogP contribution is 2.38. The number of rotatable bonds is 9. The van der Waals surface area contributed by atoms with Gasteiger partial charge in [0.2, 0.25) is 15.9 Å². The first-order chi connectivity index (χ1) is 18.0. The van der Waals surface area contributed by atoms with Crippen molar-refractivity contribution in [1.29, 1.82) is 0 Å². The van der Waals surface area contributed by atoms with E-state index < -0.39 is 15.9 Å². The number of ether oxygens (including phenoxy) is 2. The Morgan fingerprint density at radius 1 is 1.03 bits per heavy atom. The van der Waals surface area contributed by atoms with E-state index in [9.17, 15) is 13.2 Å². The molecule has 0 bridgehead atoms. The van der Waals surface area contributed by atoms with Crippen LogP contribution < -0.4 is 14.2 Å². The number of aromatic nitrogens is 2. The Morgan fingerprint density at radius 2 is 1.68 bits per heavy atom. The van der Waals surface area contributed by atoms with Gasteiger partial charge in [0.25, 0.3) is 5.91 Å². The standard InChI is InChI=1S/C26H23Cl2N3O6S/c1-15(2)25-19(24(30-37-25)23-20(27)5-4-6-21(23)28)14-35-22-12-11-18(13-29-22)36-17-9-7-16(8-10-17)26(32)31-38(3,33)34/h4-13,15H,14H2,1-3H3,(H,31,32). The molecular formula is C26H23Cl2N3O6S. The van der Waals surface area contributed by atoms with Gasteiger partial charge in [0, 0.05) is 23.1 Å². The number of pyridine rings is 1. The van der Waals surface area contributed by atoms with Crippen LogP contribution in [0.1, 0.15) is 41.4 Å². The molecule has 0 unspecified atom stereocenters. The van der Waals surface area contributed by atoms with Crippen molar-refractivity contribution < 1.29 is 27.2 Å². The van der Waals surface area contributed by atoms with Gasteiger partial charge >= 0.3 is 0 Å². The van der Waals surface area contributed by atoms with Gasteiger partial charge in [-0.3, -0.25) is 4.79 Å².